The fourth-order valence-corrected chi connectivity index (χ4v) is 3.20. The third-order valence-electron chi connectivity index (χ3n) is 4.47. The summed E-state index contributed by atoms with van der Waals surface area (Å²) in [6, 6.07) is 2.18. The number of rotatable bonds is 5. The Kier molecular flexibility index (Phi) is 5.19. The van der Waals surface area contributed by atoms with E-state index in [1.807, 2.05) is 6.07 Å². The Hall–Kier alpha value is -1.17. The summed E-state index contributed by atoms with van der Waals surface area (Å²) in [4.78, 5) is 6.78. The van der Waals surface area contributed by atoms with Gasteiger partial charge in [0.05, 0.1) is 19.3 Å². The molecule has 3 N–H and O–H groups in total. The molecular formula is C16H28N4O. The van der Waals surface area contributed by atoms with Crippen molar-refractivity contribution >= 4 is 5.82 Å². The van der Waals surface area contributed by atoms with Crippen molar-refractivity contribution in [2.24, 2.45) is 0 Å². The van der Waals surface area contributed by atoms with Crippen LogP contribution < -0.4 is 11.1 Å². The molecule has 0 spiro atoms. The lowest BCUT2D eigenvalue weighted by atomic mass is 9.84. The lowest BCUT2D eigenvalue weighted by molar-refractivity contribution is -0.0236. The second kappa shape index (κ2) is 6.73. The van der Waals surface area contributed by atoms with E-state index in [1.54, 1.807) is 6.20 Å². The quantitative estimate of drug-likeness (QED) is 0.865. The first-order chi connectivity index (χ1) is 9.98. The fraction of sp³-hybridized carbons (Fsp3) is 0.688. The summed E-state index contributed by atoms with van der Waals surface area (Å²) in [7, 11) is 0. The molecule has 21 heavy (non-hydrogen) atoms. The zero-order chi connectivity index (χ0) is 15.5. The van der Waals surface area contributed by atoms with Crippen LogP contribution in [0.2, 0.25) is 0 Å². The SMILES string of the molecule is CCNC(c1c(C)ccnc1N)C(C)(C)N1CCOCC1. The molecule has 2 heterocycles. The molecule has 0 amide bonds. The summed E-state index contributed by atoms with van der Waals surface area (Å²) < 4.78 is 5.49. The Balaban J connectivity index is 2.37. The number of aryl methyl sites for hydroxylation is 1. The van der Waals surface area contributed by atoms with E-state index in [-0.39, 0.29) is 11.6 Å². The van der Waals surface area contributed by atoms with E-state index in [4.69, 9.17) is 10.5 Å². The molecule has 118 valence electrons. The van der Waals surface area contributed by atoms with Gasteiger partial charge in [-0.2, -0.15) is 0 Å². The predicted octanol–water partition coefficient (Wildman–Crippen LogP) is 1.73. The first-order valence-corrected chi connectivity index (χ1v) is 7.75. The third-order valence-corrected chi connectivity index (χ3v) is 4.47. The lowest BCUT2D eigenvalue weighted by Crippen LogP contribution is -2.56. The van der Waals surface area contributed by atoms with Crippen LogP contribution in [-0.4, -0.2) is 48.3 Å². The van der Waals surface area contributed by atoms with Crippen LogP contribution in [0.1, 0.15) is 37.9 Å². The number of hydrogen-bond acceptors (Lipinski definition) is 5. The molecule has 1 aromatic heterocycles. The second-order valence-corrected chi connectivity index (χ2v) is 6.17. The standard InChI is InChI=1S/C16H28N4O/c1-5-18-14(13-12(2)6-7-19-15(13)17)16(3,4)20-8-10-21-11-9-20/h6-7,14,18H,5,8-11H2,1-4H3,(H2,17,19). The molecule has 0 bridgehead atoms. The van der Waals surface area contributed by atoms with E-state index in [9.17, 15) is 0 Å². The summed E-state index contributed by atoms with van der Waals surface area (Å²) in [5, 5.41) is 3.62. The highest BCUT2D eigenvalue weighted by Gasteiger charge is 2.38. The Labute approximate surface area is 127 Å². The molecule has 0 saturated carbocycles. The predicted molar refractivity (Wildman–Crippen MR) is 86.3 cm³/mol. The average molecular weight is 292 g/mol. The number of likely N-dealkylation sites (N-methyl/N-ethyl adjacent to an activating group) is 1. The second-order valence-electron chi connectivity index (χ2n) is 6.17. The van der Waals surface area contributed by atoms with Crippen LogP contribution in [0.4, 0.5) is 5.82 Å². The normalized spacial score (nSPS) is 18.7. The van der Waals surface area contributed by atoms with Gasteiger partial charge in [0.2, 0.25) is 0 Å². The Morgan fingerprint density at radius 1 is 1.43 bits per heavy atom. The summed E-state index contributed by atoms with van der Waals surface area (Å²) >= 11 is 0. The Morgan fingerprint density at radius 2 is 2.10 bits per heavy atom. The van der Waals surface area contributed by atoms with E-state index >= 15 is 0 Å². The third kappa shape index (κ3) is 3.36. The number of nitrogens with one attached hydrogen (secondary N) is 1. The van der Waals surface area contributed by atoms with Crippen molar-refractivity contribution in [2.45, 2.75) is 39.3 Å². The molecule has 5 heteroatoms. The van der Waals surface area contributed by atoms with Crippen LogP contribution in [-0.2, 0) is 4.74 Å². The number of nitrogen functional groups attached to an aromatic ring is 1. The highest BCUT2D eigenvalue weighted by atomic mass is 16.5. The average Bonchev–Trinajstić information content (AvgIpc) is 2.47. The molecule has 1 aliphatic rings. The minimum absolute atomic E-state index is 0.0539. The minimum Gasteiger partial charge on any atom is -0.383 e. The van der Waals surface area contributed by atoms with Gasteiger partial charge in [-0.15, -0.1) is 0 Å². The van der Waals surface area contributed by atoms with Crippen LogP contribution >= 0.6 is 0 Å². The maximum absolute atomic E-state index is 6.18. The molecule has 1 unspecified atom stereocenters. The van der Waals surface area contributed by atoms with Gasteiger partial charge in [-0.1, -0.05) is 6.92 Å². The van der Waals surface area contributed by atoms with E-state index in [0.29, 0.717) is 5.82 Å². The van der Waals surface area contributed by atoms with Crippen molar-refractivity contribution in [3.8, 4) is 0 Å². The number of ether oxygens (including phenoxy) is 1. The maximum Gasteiger partial charge on any atom is 0.128 e. The van der Waals surface area contributed by atoms with Crippen molar-refractivity contribution in [1.29, 1.82) is 0 Å². The highest BCUT2D eigenvalue weighted by molar-refractivity contribution is 5.47. The van der Waals surface area contributed by atoms with Gasteiger partial charge in [0.1, 0.15) is 5.82 Å². The number of nitrogens with two attached hydrogens (primary N) is 1. The number of hydrogen-bond donors (Lipinski definition) is 2. The van der Waals surface area contributed by atoms with Gasteiger partial charge in [-0.05, 0) is 38.9 Å². The molecule has 0 aliphatic carbocycles. The van der Waals surface area contributed by atoms with Crippen LogP contribution in [0, 0.1) is 6.92 Å². The van der Waals surface area contributed by atoms with Crippen molar-refractivity contribution in [3.63, 3.8) is 0 Å². The van der Waals surface area contributed by atoms with Gasteiger partial charge in [-0.25, -0.2) is 4.98 Å². The van der Waals surface area contributed by atoms with Gasteiger partial charge in [0.25, 0.3) is 0 Å². The molecule has 0 aromatic carbocycles. The van der Waals surface area contributed by atoms with Gasteiger partial charge in [0.15, 0.2) is 0 Å². The van der Waals surface area contributed by atoms with Gasteiger partial charge in [0, 0.05) is 30.4 Å². The van der Waals surface area contributed by atoms with Crippen LogP contribution in [0.5, 0.6) is 0 Å². The molecule has 1 atom stereocenters. The highest BCUT2D eigenvalue weighted by Crippen LogP contribution is 2.35. The fourth-order valence-electron chi connectivity index (χ4n) is 3.20. The minimum atomic E-state index is -0.0539. The van der Waals surface area contributed by atoms with Crippen molar-refractivity contribution in [3.05, 3.63) is 23.4 Å². The molecule has 1 fully saturated rings. The van der Waals surface area contributed by atoms with E-state index < -0.39 is 0 Å². The monoisotopic (exact) mass is 292 g/mol. The maximum atomic E-state index is 6.18. The number of anilines is 1. The van der Waals surface area contributed by atoms with E-state index in [1.165, 1.54) is 5.56 Å². The summed E-state index contributed by atoms with van der Waals surface area (Å²) in [5.41, 5.74) is 8.44. The molecular weight excluding hydrogens is 264 g/mol. The van der Waals surface area contributed by atoms with Crippen molar-refractivity contribution in [2.75, 3.05) is 38.6 Å². The molecule has 1 aliphatic heterocycles. The molecule has 5 nitrogen and oxygen atoms in total. The molecule has 1 saturated heterocycles. The summed E-state index contributed by atoms with van der Waals surface area (Å²) in [5.74, 6) is 0.627. The number of aromatic nitrogens is 1. The smallest absolute Gasteiger partial charge is 0.128 e. The summed E-state index contributed by atoms with van der Waals surface area (Å²) in [6.07, 6.45) is 1.78. The van der Waals surface area contributed by atoms with E-state index in [2.05, 4.69) is 42.9 Å². The number of morpholine rings is 1. The zero-order valence-corrected chi connectivity index (χ0v) is 13.6. The number of pyridine rings is 1. The Bertz CT molecular complexity index is 449. The largest absolute Gasteiger partial charge is 0.383 e. The van der Waals surface area contributed by atoms with Gasteiger partial charge >= 0.3 is 0 Å². The van der Waals surface area contributed by atoms with Crippen molar-refractivity contribution in [1.82, 2.24) is 15.2 Å². The van der Waals surface area contributed by atoms with Crippen LogP contribution in [0.15, 0.2) is 12.3 Å². The van der Waals surface area contributed by atoms with Crippen molar-refractivity contribution < 1.29 is 4.74 Å². The lowest BCUT2D eigenvalue weighted by Gasteiger charge is -2.46. The number of nitrogens with zero attached hydrogens (tertiary/aromatic N) is 2. The van der Waals surface area contributed by atoms with E-state index in [0.717, 1.165) is 38.4 Å². The van der Waals surface area contributed by atoms with Gasteiger partial charge in [-0.3, -0.25) is 4.90 Å². The molecule has 2 rings (SSSR count). The zero-order valence-electron chi connectivity index (χ0n) is 13.6. The molecule has 0 radical (unpaired) electrons. The van der Waals surface area contributed by atoms with Crippen LogP contribution in [0.3, 0.4) is 0 Å². The van der Waals surface area contributed by atoms with Crippen LogP contribution in [0.25, 0.3) is 0 Å². The van der Waals surface area contributed by atoms with Gasteiger partial charge < -0.3 is 15.8 Å². The first-order valence-electron chi connectivity index (χ1n) is 7.75. The first kappa shape index (κ1) is 16.2. The molecule has 1 aromatic rings. The summed E-state index contributed by atoms with van der Waals surface area (Å²) in [6.45, 7) is 13.2. The Morgan fingerprint density at radius 3 is 2.67 bits per heavy atom. The topological polar surface area (TPSA) is 63.4 Å².